The molecule has 17 heteroatoms. The number of carbonyl (C=O) groups excluding carboxylic acids is 4. The van der Waals surface area contributed by atoms with E-state index in [0.29, 0.717) is 38.6 Å². The van der Waals surface area contributed by atoms with Gasteiger partial charge in [-0.05, 0) is 57.9 Å². The van der Waals surface area contributed by atoms with Gasteiger partial charge in [0, 0.05) is 19.6 Å². The average molecular weight is 582 g/mol. The molecule has 2 fully saturated rings. The van der Waals surface area contributed by atoms with Crippen LogP contribution in [0, 0.1) is 0 Å². The molecule has 4 atom stereocenters. The minimum Gasteiger partial charge on any atom is -0.480 e. The number of hydrogen-bond donors (Lipinski definition) is 9. The van der Waals surface area contributed by atoms with Crippen LogP contribution >= 0.6 is 0 Å². The van der Waals surface area contributed by atoms with Crippen molar-refractivity contribution in [2.75, 3.05) is 32.7 Å². The first kappa shape index (κ1) is 33.1. The molecule has 4 amide bonds. The van der Waals surface area contributed by atoms with E-state index in [9.17, 15) is 29.1 Å². The van der Waals surface area contributed by atoms with Crippen LogP contribution in [0.1, 0.15) is 51.4 Å². The SMILES string of the molecule is NC(N)=NCCC[C@H](NC(=O)[C@@H]1CCCN1)C(=O)NCC(=O)N[C@@H](CCCN=C(N)N)C(=O)N1CCC[C@H]1C(=O)O. The Labute approximate surface area is 238 Å². The van der Waals surface area contributed by atoms with Crippen molar-refractivity contribution in [2.45, 2.75) is 75.5 Å². The molecule has 0 aromatic heterocycles. The maximum Gasteiger partial charge on any atom is 0.326 e. The van der Waals surface area contributed by atoms with Crippen molar-refractivity contribution in [2.24, 2.45) is 32.9 Å². The van der Waals surface area contributed by atoms with Gasteiger partial charge in [-0.25, -0.2) is 4.79 Å². The summed E-state index contributed by atoms with van der Waals surface area (Å²) in [5, 5.41) is 20.4. The molecule has 0 aromatic carbocycles. The number of amides is 4. The van der Waals surface area contributed by atoms with Crippen molar-refractivity contribution in [3.63, 3.8) is 0 Å². The molecule has 2 rings (SSSR count). The highest BCUT2D eigenvalue weighted by molar-refractivity contribution is 5.94. The van der Waals surface area contributed by atoms with Crippen molar-refractivity contribution in [1.82, 2.24) is 26.2 Å². The molecule has 0 radical (unpaired) electrons. The zero-order chi connectivity index (χ0) is 30.4. The van der Waals surface area contributed by atoms with E-state index in [-0.39, 0.29) is 50.3 Å². The standard InChI is InChI=1S/C24H43N11O6/c25-23(26)30-10-2-6-15(34-20(38)14-5-1-9-29-14)19(37)32-13-18(36)33-16(7-3-11-31-24(27)28)21(39)35-12-4-8-17(35)22(40)41/h14-17,29H,1-13H2,(H,32,37)(H,33,36)(H,34,38)(H,40,41)(H4,25,26,30)(H4,27,28,31)/t14-,15-,16-,17-/m0/s1. The minimum atomic E-state index is -1.12. The fourth-order valence-electron chi connectivity index (χ4n) is 4.74. The van der Waals surface area contributed by atoms with Crippen molar-refractivity contribution in [3.8, 4) is 0 Å². The fraction of sp³-hybridized carbons (Fsp3) is 0.708. The van der Waals surface area contributed by atoms with E-state index in [0.717, 1.165) is 6.42 Å². The third-order valence-electron chi connectivity index (χ3n) is 6.78. The zero-order valence-electron chi connectivity index (χ0n) is 23.1. The summed E-state index contributed by atoms with van der Waals surface area (Å²) >= 11 is 0. The van der Waals surface area contributed by atoms with Crippen LogP contribution in [-0.2, 0) is 24.0 Å². The van der Waals surface area contributed by atoms with E-state index in [4.69, 9.17) is 22.9 Å². The van der Waals surface area contributed by atoms with Gasteiger partial charge in [0.2, 0.25) is 23.6 Å². The number of carbonyl (C=O) groups is 5. The monoisotopic (exact) mass is 581 g/mol. The Kier molecular flexibility index (Phi) is 13.6. The summed E-state index contributed by atoms with van der Waals surface area (Å²) in [6.45, 7) is 0.945. The third-order valence-corrected chi connectivity index (χ3v) is 6.78. The molecule has 2 aliphatic rings. The van der Waals surface area contributed by atoms with Gasteiger partial charge in [0.25, 0.3) is 0 Å². The molecule has 0 aromatic rings. The number of aliphatic carboxylic acids is 1. The first-order valence-electron chi connectivity index (χ1n) is 13.7. The lowest BCUT2D eigenvalue weighted by molar-refractivity contribution is -0.149. The first-order valence-corrected chi connectivity index (χ1v) is 13.7. The molecule has 0 spiro atoms. The van der Waals surface area contributed by atoms with Crippen molar-refractivity contribution in [1.29, 1.82) is 0 Å². The van der Waals surface area contributed by atoms with Crippen LogP contribution < -0.4 is 44.2 Å². The van der Waals surface area contributed by atoms with Gasteiger partial charge >= 0.3 is 5.97 Å². The summed E-state index contributed by atoms with van der Waals surface area (Å²) in [5.74, 6) is -3.42. The van der Waals surface area contributed by atoms with Gasteiger partial charge < -0.3 is 54.2 Å². The normalized spacial score (nSPS) is 19.5. The molecule has 13 N–H and O–H groups in total. The van der Waals surface area contributed by atoms with E-state index in [1.165, 1.54) is 4.90 Å². The third kappa shape index (κ3) is 11.5. The van der Waals surface area contributed by atoms with E-state index in [1.54, 1.807) is 0 Å². The Hall–Kier alpha value is -4.15. The number of nitrogens with one attached hydrogen (secondary N) is 4. The number of nitrogens with zero attached hydrogens (tertiary/aromatic N) is 3. The van der Waals surface area contributed by atoms with Crippen LogP contribution in [0.3, 0.4) is 0 Å². The van der Waals surface area contributed by atoms with Crippen molar-refractivity contribution >= 4 is 41.5 Å². The van der Waals surface area contributed by atoms with E-state index in [1.807, 2.05) is 0 Å². The van der Waals surface area contributed by atoms with Crippen LogP contribution in [0.15, 0.2) is 9.98 Å². The Morgan fingerprint density at radius 1 is 0.902 bits per heavy atom. The number of hydrogen-bond acceptors (Lipinski definition) is 8. The zero-order valence-corrected chi connectivity index (χ0v) is 23.1. The molecule has 230 valence electrons. The highest BCUT2D eigenvalue weighted by Crippen LogP contribution is 2.19. The van der Waals surface area contributed by atoms with Crippen LogP contribution in [0.4, 0.5) is 0 Å². The van der Waals surface area contributed by atoms with Gasteiger partial charge in [-0.15, -0.1) is 0 Å². The summed E-state index contributed by atoms with van der Waals surface area (Å²) in [5.41, 5.74) is 21.4. The number of guanidine groups is 2. The first-order chi connectivity index (χ1) is 19.5. The topological polar surface area (TPSA) is 286 Å². The Morgan fingerprint density at radius 3 is 2.10 bits per heavy atom. The van der Waals surface area contributed by atoms with Crippen LogP contribution in [0.25, 0.3) is 0 Å². The number of carboxylic acid groups (broad SMARTS) is 1. The summed E-state index contributed by atoms with van der Waals surface area (Å²) in [6, 6.07) is -3.36. The molecule has 0 saturated carbocycles. The second-order valence-corrected chi connectivity index (χ2v) is 9.97. The number of aliphatic imine (C=N–C) groups is 2. The van der Waals surface area contributed by atoms with E-state index >= 15 is 0 Å². The van der Waals surface area contributed by atoms with Gasteiger partial charge in [0.05, 0.1) is 12.6 Å². The second kappa shape index (κ2) is 16.8. The number of nitrogens with two attached hydrogens (primary N) is 4. The molecule has 0 aliphatic carbocycles. The lowest BCUT2D eigenvalue weighted by atomic mass is 10.1. The fourth-order valence-corrected chi connectivity index (χ4v) is 4.74. The maximum absolute atomic E-state index is 13.2. The molecule has 2 heterocycles. The van der Waals surface area contributed by atoms with Crippen molar-refractivity contribution < 1.29 is 29.1 Å². The minimum absolute atomic E-state index is 0.0899. The molecule has 41 heavy (non-hydrogen) atoms. The molecular weight excluding hydrogens is 538 g/mol. The summed E-state index contributed by atoms with van der Waals surface area (Å²) in [4.78, 5) is 72.2. The number of carboxylic acids is 1. The highest BCUT2D eigenvalue weighted by atomic mass is 16.4. The lowest BCUT2D eigenvalue weighted by Gasteiger charge is -2.27. The molecular formula is C24H43N11O6. The number of rotatable bonds is 16. The Bertz CT molecular complexity index is 991. The molecule has 2 saturated heterocycles. The van der Waals surface area contributed by atoms with Gasteiger partial charge in [-0.3, -0.25) is 29.2 Å². The van der Waals surface area contributed by atoms with E-state index in [2.05, 4.69) is 31.3 Å². The van der Waals surface area contributed by atoms with Crippen molar-refractivity contribution in [3.05, 3.63) is 0 Å². The molecule has 0 bridgehead atoms. The van der Waals surface area contributed by atoms with Crippen LogP contribution in [-0.4, -0.2) is 108 Å². The largest absolute Gasteiger partial charge is 0.480 e. The summed E-state index contributed by atoms with van der Waals surface area (Å²) < 4.78 is 0. The van der Waals surface area contributed by atoms with Crippen LogP contribution in [0.2, 0.25) is 0 Å². The Morgan fingerprint density at radius 2 is 1.54 bits per heavy atom. The highest BCUT2D eigenvalue weighted by Gasteiger charge is 2.37. The van der Waals surface area contributed by atoms with Crippen LogP contribution in [0.5, 0.6) is 0 Å². The predicted molar refractivity (Wildman–Crippen MR) is 150 cm³/mol. The van der Waals surface area contributed by atoms with Gasteiger partial charge in [0.15, 0.2) is 11.9 Å². The summed E-state index contributed by atoms with van der Waals surface area (Å²) in [6.07, 6.45) is 3.44. The Balaban J connectivity index is 2.01. The van der Waals surface area contributed by atoms with Gasteiger partial charge in [-0.2, -0.15) is 0 Å². The smallest absolute Gasteiger partial charge is 0.326 e. The molecule has 17 nitrogen and oxygen atoms in total. The lowest BCUT2D eigenvalue weighted by Crippen LogP contribution is -2.55. The molecule has 2 aliphatic heterocycles. The summed E-state index contributed by atoms with van der Waals surface area (Å²) in [7, 11) is 0. The number of likely N-dealkylation sites (tertiary alicyclic amines) is 1. The second-order valence-electron chi connectivity index (χ2n) is 9.97. The predicted octanol–water partition coefficient (Wildman–Crippen LogP) is -3.99. The quantitative estimate of drug-likeness (QED) is 0.0481. The van der Waals surface area contributed by atoms with E-state index < -0.39 is 54.4 Å². The average Bonchev–Trinajstić information content (AvgIpc) is 3.63. The maximum atomic E-state index is 13.2. The van der Waals surface area contributed by atoms with Gasteiger partial charge in [0.1, 0.15) is 18.1 Å². The van der Waals surface area contributed by atoms with Gasteiger partial charge in [-0.1, -0.05) is 0 Å². The molecule has 0 unspecified atom stereocenters.